The zero-order chi connectivity index (χ0) is 25.1. The normalized spacial score (nSPS) is 13.3. The van der Waals surface area contributed by atoms with Crippen LogP contribution in [0.1, 0.15) is 44.9 Å². The van der Waals surface area contributed by atoms with Crippen molar-refractivity contribution in [3.8, 4) is 5.75 Å². The van der Waals surface area contributed by atoms with Gasteiger partial charge in [-0.2, -0.15) is 0 Å². The summed E-state index contributed by atoms with van der Waals surface area (Å²) in [7, 11) is 0. The first kappa shape index (κ1) is 24.0. The minimum absolute atomic E-state index is 0.0280. The molecule has 0 fully saturated rings. The largest absolute Gasteiger partial charge is 0.492 e. The highest BCUT2D eigenvalue weighted by Gasteiger charge is 2.38. The monoisotopic (exact) mass is 492 g/mol. The lowest BCUT2D eigenvalue weighted by atomic mass is 10.1. The predicted octanol–water partition coefficient (Wildman–Crippen LogP) is 4.72. The number of nitrogens with one attached hydrogen (secondary N) is 1. The third kappa shape index (κ3) is 4.74. The summed E-state index contributed by atoms with van der Waals surface area (Å²) >= 11 is 6.17. The molecule has 3 aromatic carbocycles. The fourth-order valence-corrected chi connectivity index (χ4v) is 3.81. The molecule has 9 heteroatoms. The molecule has 0 saturated carbocycles. The van der Waals surface area contributed by atoms with E-state index in [2.05, 4.69) is 5.32 Å². The zero-order valence-electron chi connectivity index (χ0n) is 18.9. The Morgan fingerprint density at radius 3 is 2.40 bits per heavy atom. The van der Waals surface area contributed by atoms with Crippen molar-refractivity contribution < 1.29 is 28.7 Å². The first-order chi connectivity index (χ1) is 16.8. The van der Waals surface area contributed by atoms with Crippen LogP contribution in [-0.2, 0) is 9.53 Å². The number of para-hydroxylation sites is 3. The fraction of sp³-hybridized carbons (Fsp3) is 0.154. The average Bonchev–Trinajstić information content (AvgIpc) is 3.10. The van der Waals surface area contributed by atoms with Gasteiger partial charge in [0.1, 0.15) is 5.75 Å². The molecule has 3 aromatic rings. The van der Waals surface area contributed by atoms with E-state index in [9.17, 15) is 19.2 Å². The number of imide groups is 1. The summed E-state index contributed by atoms with van der Waals surface area (Å²) in [6, 6.07) is 17.4. The number of carbonyl (C=O) groups excluding carboxylic acids is 4. The molecule has 1 unspecified atom stereocenters. The standard InChI is InChI=1S/C26H21ClN2O6/c1-3-34-22-11-7-5-9-20(22)28-23(30)15(2)35-26(33)16-12-13-17-18(14-16)25(32)29(24(17)31)21-10-6-4-8-19(21)27/h4-15H,3H2,1-2H3,(H,28,30). The number of fused-ring (bicyclic) bond motifs is 1. The van der Waals surface area contributed by atoms with Crippen LogP contribution in [-0.4, -0.2) is 36.4 Å². The van der Waals surface area contributed by atoms with Crippen LogP contribution in [0, 0.1) is 0 Å². The third-order valence-electron chi connectivity index (χ3n) is 5.31. The van der Waals surface area contributed by atoms with Crippen molar-refractivity contribution in [3.63, 3.8) is 0 Å². The summed E-state index contributed by atoms with van der Waals surface area (Å²) in [5.74, 6) is -2.02. The van der Waals surface area contributed by atoms with E-state index in [1.54, 1.807) is 48.5 Å². The van der Waals surface area contributed by atoms with Gasteiger partial charge in [-0.1, -0.05) is 35.9 Å². The van der Waals surface area contributed by atoms with E-state index in [1.807, 2.05) is 6.92 Å². The summed E-state index contributed by atoms with van der Waals surface area (Å²) in [5.41, 5.74) is 0.919. The van der Waals surface area contributed by atoms with Gasteiger partial charge in [0.2, 0.25) is 0 Å². The lowest BCUT2D eigenvalue weighted by molar-refractivity contribution is -0.123. The minimum atomic E-state index is -1.14. The number of halogens is 1. The first-order valence-corrected chi connectivity index (χ1v) is 11.2. The smallest absolute Gasteiger partial charge is 0.338 e. The Labute approximate surface area is 206 Å². The summed E-state index contributed by atoms with van der Waals surface area (Å²) in [6.45, 7) is 3.67. The molecule has 8 nitrogen and oxygen atoms in total. The van der Waals surface area contributed by atoms with Crippen LogP contribution >= 0.6 is 11.6 Å². The number of hydrogen-bond donors (Lipinski definition) is 1. The SMILES string of the molecule is CCOc1ccccc1NC(=O)C(C)OC(=O)c1ccc2c(c1)C(=O)N(c1ccccc1Cl)C2=O. The third-order valence-corrected chi connectivity index (χ3v) is 5.63. The number of nitrogens with zero attached hydrogens (tertiary/aromatic N) is 1. The Morgan fingerprint density at radius 1 is 0.971 bits per heavy atom. The number of ether oxygens (including phenoxy) is 2. The van der Waals surface area contributed by atoms with Gasteiger partial charge in [-0.3, -0.25) is 14.4 Å². The maximum absolute atomic E-state index is 13.0. The molecule has 1 aliphatic heterocycles. The maximum Gasteiger partial charge on any atom is 0.338 e. The Balaban J connectivity index is 1.49. The topological polar surface area (TPSA) is 102 Å². The van der Waals surface area contributed by atoms with Crippen LogP contribution in [0.3, 0.4) is 0 Å². The van der Waals surface area contributed by atoms with Crippen LogP contribution in [0.5, 0.6) is 5.75 Å². The summed E-state index contributed by atoms with van der Waals surface area (Å²) in [5, 5.41) is 2.92. The van der Waals surface area contributed by atoms with E-state index >= 15 is 0 Å². The molecule has 3 amide bonds. The Bertz CT molecular complexity index is 1340. The molecule has 0 spiro atoms. The quantitative estimate of drug-likeness (QED) is 0.378. The molecule has 0 aromatic heterocycles. The first-order valence-electron chi connectivity index (χ1n) is 10.8. The number of rotatable bonds is 7. The van der Waals surface area contributed by atoms with Crippen LogP contribution in [0.15, 0.2) is 66.7 Å². The Hall–Kier alpha value is -4.17. The van der Waals surface area contributed by atoms with Gasteiger partial charge >= 0.3 is 5.97 Å². The van der Waals surface area contributed by atoms with Gasteiger partial charge in [-0.05, 0) is 56.3 Å². The van der Waals surface area contributed by atoms with Gasteiger partial charge in [0.15, 0.2) is 6.10 Å². The second-order valence-electron chi connectivity index (χ2n) is 7.62. The van der Waals surface area contributed by atoms with Gasteiger partial charge in [-0.25, -0.2) is 9.69 Å². The van der Waals surface area contributed by atoms with Crippen LogP contribution in [0.2, 0.25) is 5.02 Å². The van der Waals surface area contributed by atoms with Gasteiger partial charge < -0.3 is 14.8 Å². The molecule has 0 aliphatic carbocycles. The van der Waals surface area contributed by atoms with E-state index < -0.39 is 29.8 Å². The molecule has 4 rings (SSSR count). The molecule has 1 heterocycles. The molecule has 0 bridgehead atoms. The lowest BCUT2D eigenvalue weighted by Crippen LogP contribution is -2.30. The van der Waals surface area contributed by atoms with Crippen molar-refractivity contribution in [2.75, 3.05) is 16.8 Å². The van der Waals surface area contributed by atoms with Gasteiger partial charge in [-0.15, -0.1) is 0 Å². The molecule has 1 atom stereocenters. The Morgan fingerprint density at radius 2 is 1.66 bits per heavy atom. The van der Waals surface area contributed by atoms with Crippen LogP contribution in [0.4, 0.5) is 11.4 Å². The van der Waals surface area contributed by atoms with Gasteiger partial charge in [0.25, 0.3) is 17.7 Å². The molecular formula is C26H21ClN2O6. The highest BCUT2D eigenvalue weighted by atomic mass is 35.5. The van der Waals surface area contributed by atoms with Crippen LogP contribution < -0.4 is 15.0 Å². The van der Waals surface area contributed by atoms with Crippen molar-refractivity contribution >= 4 is 46.7 Å². The highest BCUT2D eigenvalue weighted by Crippen LogP contribution is 2.33. The number of carbonyl (C=O) groups is 4. The summed E-state index contributed by atoms with van der Waals surface area (Å²) in [4.78, 5) is 52.1. The van der Waals surface area contributed by atoms with Crippen molar-refractivity contribution in [2.45, 2.75) is 20.0 Å². The molecule has 0 saturated heterocycles. The van der Waals surface area contributed by atoms with Crippen molar-refractivity contribution in [1.29, 1.82) is 0 Å². The van der Waals surface area contributed by atoms with Crippen molar-refractivity contribution in [2.24, 2.45) is 0 Å². The van der Waals surface area contributed by atoms with E-state index in [0.29, 0.717) is 18.0 Å². The number of amides is 3. The average molecular weight is 493 g/mol. The number of hydrogen-bond acceptors (Lipinski definition) is 6. The Kier molecular flexibility index (Phi) is 6.84. The van der Waals surface area contributed by atoms with E-state index in [-0.39, 0.29) is 27.4 Å². The van der Waals surface area contributed by atoms with E-state index in [4.69, 9.17) is 21.1 Å². The molecule has 1 aliphatic rings. The highest BCUT2D eigenvalue weighted by molar-refractivity contribution is 6.39. The predicted molar refractivity (Wildman–Crippen MR) is 130 cm³/mol. The fourth-order valence-electron chi connectivity index (χ4n) is 3.59. The summed E-state index contributed by atoms with van der Waals surface area (Å²) < 4.78 is 10.8. The number of esters is 1. The van der Waals surface area contributed by atoms with Gasteiger partial charge in [0, 0.05) is 0 Å². The second-order valence-corrected chi connectivity index (χ2v) is 8.03. The number of benzene rings is 3. The molecular weight excluding hydrogens is 472 g/mol. The van der Waals surface area contributed by atoms with Gasteiger partial charge in [0.05, 0.1) is 39.7 Å². The van der Waals surface area contributed by atoms with Crippen molar-refractivity contribution in [1.82, 2.24) is 0 Å². The van der Waals surface area contributed by atoms with E-state index in [1.165, 1.54) is 25.1 Å². The van der Waals surface area contributed by atoms with Crippen LogP contribution in [0.25, 0.3) is 0 Å². The van der Waals surface area contributed by atoms with E-state index in [0.717, 1.165) is 4.90 Å². The second kappa shape index (κ2) is 9.99. The minimum Gasteiger partial charge on any atom is -0.492 e. The number of anilines is 2. The lowest BCUT2D eigenvalue weighted by Gasteiger charge is -2.16. The van der Waals surface area contributed by atoms with Crippen molar-refractivity contribution in [3.05, 3.63) is 88.4 Å². The maximum atomic E-state index is 13.0. The summed E-state index contributed by atoms with van der Waals surface area (Å²) in [6.07, 6.45) is -1.14. The molecule has 178 valence electrons. The molecule has 0 radical (unpaired) electrons. The zero-order valence-corrected chi connectivity index (χ0v) is 19.7. The molecule has 1 N–H and O–H groups in total. The molecule has 35 heavy (non-hydrogen) atoms.